The van der Waals surface area contributed by atoms with Crippen molar-refractivity contribution < 1.29 is 26.3 Å². The van der Waals surface area contributed by atoms with E-state index in [-0.39, 0.29) is 30.9 Å². The SMILES string of the molecule is CC(C)S(=O)(=O)c1ccccc1Nc1nc(Cl)ncc1Cl.COc1ccc(CCN)cc1N.COc1ccc(CCN2CCCCC2)cc1Nc1ncc(Cl)c(Nc2ccccc2S(=O)(=O)C(C)C)n1. The van der Waals surface area contributed by atoms with Crippen LogP contribution >= 0.6 is 34.8 Å². The number of methoxy groups -OCH3 is 2. The molecule has 0 amide bonds. The summed E-state index contributed by atoms with van der Waals surface area (Å²) in [6.45, 7) is 10.6. The van der Waals surface area contributed by atoms with Gasteiger partial charge in [-0.15, -0.1) is 0 Å². The van der Waals surface area contributed by atoms with Crippen molar-refractivity contribution in [2.24, 2.45) is 5.73 Å². The van der Waals surface area contributed by atoms with E-state index in [9.17, 15) is 16.8 Å². The second kappa shape index (κ2) is 26.1. The number of ether oxygens (including phenoxy) is 2. The Bertz CT molecular complexity index is 2910. The van der Waals surface area contributed by atoms with Crippen LogP contribution in [0.15, 0.2) is 107 Å². The highest BCUT2D eigenvalue weighted by Gasteiger charge is 2.25. The molecule has 1 fully saturated rings. The van der Waals surface area contributed by atoms with Gasteiger partial charge in [-0.1, -0.05) is 66.0 Å². The summed E-state index contributed by atoms with van der Waals surface area (Å²) in [5.41, 5.74) is 15.7. The third kappa shape index (κ3) is 15.3. The first-order valence-electron chi connectivity index (χ1n) is 22.6. The predicted octanol–water partition coefficient (Wildman–Crippen LogP) is 10.3. The number of sulfone groups is 2. The number of piperidine rings is 1. The van der Waals surface area contributed by atoms with Crippen LogP contribution in [0.3, 0.4) is 0 Å². The van der Waals surface area contributed by atoms with E-state index in [0.717, 1.165) is 49.5 Å². The van der Waals surface area contributed by atoms with Crippen LogP contribution in [0.1, 0.15) is 58.1 Å². The third-order valence-electron chi connectivity index (χ3n) is 11.0. The highest BCUT2D eigenvalue weighted by molar-refractivity contribution is 7.92. The second-order valence-corrected chi connectivity index (χ2v) is 22.7. The average molecular weight is 1060 g/mol. The quantitative estimate of drug-likeness (QED) is 0.0422. The summed E-state index contributed by atoms with van der Waals surface area (Å²) in [5, 5.41) is 8.65. The van der Waals surface area contributed by atoms with E-state index in [4.69, 9.17) is 55.7 Å². The molecule has 0 aliphatic carbocycles. The first kappa shape index (κ1) is 55.5. The number of hydrogen-bond donors (Lipinski definition) is 5. The number of anilines is 7. The van der Waals surface area contributed by atoms with Crippen LogP contribution in [-0.2, 0) is 32.5 Å². The number of nitrogens with one attached hydrogen (secondary N) is 3. The third-order valence-corrected chi connectivity index (χ3v) is 16.2. The predicted molar refractivity (Wildman–Crippen MR) is 284 cm³/mol. The first-order chi connectivity index (χ1) is 33.4. The van der Waals surface area contributed by atoms with Gasteiger partial charge in [-0.05, 0) is 144 Å². The van der Waals surface area contributed by atoms with Crippen molar-refractivity contribution in [2.75, 3.05) is 62.1 Å². The van der Waals surface area contributed by atoms with Crippen molar-refractivity contribution >= 4 is 94.8 Å². The van der Waals surface area contributed by atoms with Gasteiger partial charge in [-0.3, -0.25) is 0 Å². The Morgan fingerprint density at radius 3 is 1.69 bits per heavy atom. The van der Waals surface area contributed by atoms with Gasteiger partial charge in [0.15, 0.2) is 31.3 Å². The number of halogens is 3. The van der Waals surface area contributed by atoms with Gasteiger partial charge in [0.05, 0.1) is 69.7 Å². The summed E-state index contributed by atoms with van der Waals surface area (Å²) in [6, 6.07) is 25.1. The Balaban J connectivity index is 0.000000230. The van der Waals surface area contributed by atoms with Crippen LogP contribution < -0.4 is 36.9 Å². The molecule has 21 heteroatoms. The molecule has 7 rings (SSSR count). The summed E-state index contributed by atoms with van der Waals surface area (Å²) in [7, 11) is -3.72. The number of likely N-dealkylation sites (tertiary alicyclic amines) is 1. The molecule has 1 aliphatic heterocycles. The van der Waals surface area contributed by atoms with E-state index in [1.165, 1.54) is 43.3 Å². The van der Waals surface area contributed by atoms with Crippen LogP contribution in [0.4, 0.5) is 40.3 Å². The zero-order valence-electron chi connectivity index (χ0n) is 40.0. The normalized spacial score (nSPS) is 12.9. The molecule has 4 aromatic carbocycles. The summed E-state index contributed by atoms with van der Waals surface area (Å²) >= 11 is 18.1. The fourth-order valence-electron chi connectivity index (χ4n) is 7.05. The van der Waals surface area contributed by atoms with Crippen LogP contribution in [0.5, 0.6) is 11.5 Å². The molecule has 7 N–H and O–H groups in total. The standard InChI is InChI=1S/C27H34ClN5O3S.C13H13Cl2N3O2S.C9H14N2O/c1-19(2)37(34,35)25-10-6-5-9-22(25)30-26-21(28)18-29-27(32-26)31-23-17-20(11-12-24(23)36-3)13-16-33-14-7-4-8-15-33;1-8(2)21(19,20)11-6-4-3-5-10(11)17-12-9(14)7-16-13(15)18-12;1-12-9-3-2-7(4-5-10)6-8(9)11/h5-6,9-12,17-19H,4,7-8,13-16H2,1-3H3,(H2,29,30,31,32);3-8H,1-2H3,(H,16,17,18);2-3,6H,4-5,10-11H2,1H3. The highest BCUT2D eigenvalue weighted by atomic mass is 35.5. The largest absolute Gasteiger partial charge is 0.495 e. The lowest BCUT2D eigenvalue weighted by Gasteiger charge is -2.26. The lowest BCUT2D eigenvalue weighted by molar-refractivity contribution is 0.231. The number of aromatic nitrogens is 4. The lowest BCUT2D eigenvalue weighted by atomic mass is 10.1. The maximum absolute atomic E-state index is 12.9. The van der Waals surface area contributed by atoms with Gasteiger partial charge in [0.25, 0.3) is 0 Å². The van der Waals surface area contributed by atoms with Gasteiger partial charge in [0.1, 0.15) is 21.5 Å². The van der Waals surface area contributed by atoms with E-state index < -0.39 is 30.2 Å². The molecule has 1 saturated heterocycles. The number of para-hydroxylation sites is 2. The van der Waals surface area contributed by atoms with Gasteiger partial charge >= 0.3 is 0 Å². The Labute approximate surface area is 426 Å². The lowest BCUT2D eigenvalue weighted by Crippen LogP contribution is -2.31. The van der Waals surface area contributed by atoms with E-state index >= 15 is 0 Å². The molecule has 16 nitrogen and oxygen atoms in total. The minimum atomic E-state index is -3.51. The number of benzene rings is 4. The van der Waals surface area contributed by atoms with Crippen molar-refractivity contribution in [2.45, 2.75) is 80.1 Å². The van der Waals surface area contributed by atoms with Crippen molar-refractivity contribution in [1.29, 1.82) is 0 Å². The molecule has 0 unspecified atom stereocenters. The monoisotopic (exact) mass is 1050 g/mol. The smallest absolute Gasteiger partial charge is 0.229 e. The van der Waals surface area contributed by atoms with Crippen molar-refractivity contribution in [3.8, 4) is 11.5 Å². The fourth-order valence-corrected chi connectivity index (χ4v) is 9.87. The highest BCUT2D eigenvalue weighted by Crippen LogP contribution is 2.34. The molecular formula is C49H61Cl3N10O6S2. The Kier molecular flexibility index (Phi) is 20.7. The number of rotatable bonds is 17. The van der Waals surface area contributed by atoms with Crippen LogP contribution in [0.25, 0.3) is 0 Å². The Hall–Kier alpha value is -5.47. The zero-order chi connectivity index (χ0) is 51.0. The van der Waals surface area contributed by atoms with Gasteiger partial charge in [-0.25, -0.2) is 26.8 Å². The van der Waals surface area contributed by atoms with E-state index in [1.54, 1.807) is 84.4 Å². The van der Waals surface area contributed by atoms with Gasteiger partial charge in [0, 0.05) is 6.54 Å². The molecule has 1 aliphatic rings. The first-order valence-corrected chi connectivity index (χ1v) is 26.8. The molecule has 0 atom stereocenters. The summed E-state index contributed by atoms with van der Waals surface area (Å²) in [6.07, 6.45) is 8.48. The Morgan fingerprint density at radius 2 is 1.16 bits per heavy atom. The number of nitrogens with zero attached hydrogens (tertiary/aromatic N) is 5. The van der Waals surface area contributed by atoms with Crippen molar-refractivity contribution in [1.82, 2.24) is 24.8 Å². The van der Waals surface area contributed by atoms with E-state index in [2.05, 4.69) is 52.9 Å². The number of nitrogen functional groups attached to an aromatic ring is 1. The molecule has 376 valence electrons. The van der Waals surface area contributed by atoms with Crippen molar-refractivity contribution in [3.63, 3.8) is 0 Å². The van der Waals surface area contributed by atoms with Gasteiger partial charge in [0.2, 0.25) is 11.2 Å². The Morgan fingerprint density at radius 1 is 0.643 bits per heavy atom. The van der Waals surface area contributed by atoms with E-state index in [1.807, 2.05) is 24.3 Å². The van der Waals surface area contributed by atoms with Crippen LogP contribution in [0, 0.1) is 0 Å². The van der Waals surface area contributed by atoms with Crippen molar-refractivity contribution in [3.05, 3.63) is 124 Å². The van der Waals surface area contributed by atoms with E-state index in [0.29, 0.717) is 41.1 Å². The second-order valence-electron chi connectivity index (χ2n) is 16.6. The molecule has 3 heterocycles. The average Bonchev–Trinajstić information content (AvgIpc) is 3.34. The van der Waals surface area contributed by atoms with Gasteiger partial charge in [-0.2, -0.15) is 9.97 Å². The molecular weight excluding hydrogens is 995 g/mol. The summed E-state index contributed by atoms with van der Waals surface area (Å²) in [4.78, 5) is 19.4. The maximum Gasteiger partial charge on any atom is 0.229 e. The maximum atomic E-state index is 12.9. The molecule has 0 saturated carbocycles. The fraction of sp³-hybridized carbons (Fsp3) is 0.347. The van der Waals surface area contributed by atoms with Crippen LogP contribution in [-0.4, -0.2) is 92.6 Å². The number of nitrogens with two attached hydrogens (primary N) is 2. The number of hydrogen-bond acceptors (Lipinski definition) is 16. The minimum absolute atomic E-state index is 0.0195. The summed E-state index contributed by atoms with van der Waals surface area (Å²) in [5.74, 6) is 2.25. The van der Waals surface area contributed by atoms with Crippen LogP contribution in [0.2, 0.25) is 15.3 Å². The molecule has 2 aromatic heterocycles. The molecule has 0 spiro atoms. The molecule has 0 bridgehead atoms. The molecule has 0 radical (unpaired) electrons. The summed E-state index contributed by atoms with van der Waals surface area (Å²) < 4.78 is 61.0. The minimum Gasteiger partial charge on any atom is -0.495 e. The topological polar surface area (TPSA) is 230 Å². The molecule has 6 aromatic rings. The molecule has 70 heavy (non-hydrogen) atoms. The zero-order valence-corrected chi connectivity index (χ0v) is 43.9. The van der Waals surface area contributed by atoms with Gasteiger partial charge < -0.3 is 41.8 Å².